The predicted octanol–water partition coefficient (Wildman–Crippen LogP) is 5.11. The van der Waals surface area contributed by atoms with Crippen molar-refractivity contribution in [1.29, 1.82) is 0 Å². The zero-order valence-corrected chi connectivity index (χ0v) is 19.5. The molecule has 0 aliphatic carbocycles. The average Bonchev–Trinajstić information content (AvgIpc) is 3.49. The minimum Gasteiger partial charge on any atom is -0.476 e. The van der Waals surface area contributed by atoms with Gasteiger partial charge in [0.2, 0.25) is 5.88 Å². The predicted molar refractivity (Wildman–Crippen MR) is 133 cm³/mol. The first kappa shape index (κ1) is 21.9. The summed E-state index contributed by atoms with van der Waals surface area (Å²) in [6.07, 6.45) is 4.95. The molecule has 6 nitrogen and oxygen atoms in total. The summed E-state index contributed by atoms with van der Waals surface area (Å²) in [6, 6.07) is 24.5. The fourth-order valence-electron chi connectivity index (χ4n) is 3.96. The number of benzene rings is 2. The fourth-order valence-corrected chi connectivity index (χ4v) is 3.96. The molecule has 0 spiro atoms. The summed E-state index contributed by atoms with van der Waals surface area (Å²) < 4.78 is 14.0. The molecule has 0 aliphatic rings. The van der Waals surface area contributed by atoms with Crippen LogP contribution in [0.25, 0.3) is 16.9 Å². The van der Waals surface area contributed by atoms with Gasteiger partial charge in [0.25, 0.3) is 0 Å². The number of hydrogen-bond acceptors (Lipinski definition) is 5. The van der Waals surface area contributed by atoms with E-state index in [-0.39, 0.29) is 0 Å². The Morgan fingerprint density at radius 2 is 1.62 bits per heavy atom. The Bertz CT molecular complexity index is 1340. The lowest BCUT2D eigenvalue weighted by molar-refractivity contribution is 0.250. The normalized spacial score (nSPS) is 11.4. The summed E-state index contributed by atoms with van der Waals surface area (Å²) in [5.74, 6) is 1.59. The van der Waals surface area contributed by atoms with Gasteiger partial charge in [0.1, 0.15) is 18.1 Å². The van der Waals surface area contributed by atoms with Gasteiger partial charge in [0.15, 0.2) is 5.65 Å². The highest BCUT2D eigenvalue weighted by atomic mass is 16.5. The van der Waals surface area contributed by atoms with Gasteiger partial charge in [0, 0.05) is 24.7 Å². The van der Waals surface area contributed by atoms with E-state index in [1.165, 1.54) is 5.56 Å². The van der Waals surface area contributed by atoms with Gasteiger partial charge in [0.05, 0.1) is 24.1 Å². The fraction of sp³-hybridized carbons (Fsp3) is 0.214. The molecule has 0 saturated carbocycles. The molecule has 0 saturated heterocycles. The van der Waals surface area contributed by atoms with Gasteiger partial charge in [-0.3, -0.25) is 4.40 Å². The van der Waals surface area contributed by atoms with Crippen molar-refractivity contribution in [2.24, 2.45) is 0 Å². The summed E-state index contributed by atoms with van der Waals surface area (Å²) in [6.45, 7) is 1.36. The smallest absolute Gasteiger partial charge is 0.222 e. The molecule has 3 heterocycles. The van der Waals surface area contributed by atoms with Crippen LogP contribution >= 0.6 is 0 Å². The molecule has 172 valence electrons. The van der Waals surface area contributed by atoms with Gasteiger partial charge in [-0.05, 0) is 31.8 Å². The molecule has 6 heteroatoms. The highest BCUT2D eigenvalue weighted by Crippen LogP contribution is 2.29. The molecular formula is C28H28N4O2. The van der Waals surface area contributed by atoms with E-state index in [0.29, 0.717) is 19.4 Å². The van der Waals surface area contributed by atoms with E-state index in [1.54, 1.807) is 6.26 Å². The summed E-state index contributed by atoms with van der Waals surface area (Å²) in [7, 11) is 4.08. The van der Waals surface area contributed by atoms with E-state index < -0.39 is 0 Å². The van der Waals surface area contributed by atoms with Crippen LogP contribution in [0.15, 0.2) is 89.7 Å². The quantitative estimate of drug-likeness (QED) is 0.311. The summed E-state index contributed by atoms with van der Waals surface area (Å²) in [5, 5.41) is 0. The second kappa shape index (κ2) is 9.93. The molecule has 0 unspecified atom stereocenters. The van der Waals surface area contributed by atoms with E-state index in [0.717, 1.165) is 46.5 Å². The van der Waals surface area contributed by atoms with Crippen molar-refractivity contribution >= 4 is 5.65 Å². The maximum Gasteiger partial charge on any atom is 0.222 e. The molecule has 0 atom stereocenters. The zero-order valence-electron chi connectivity index (χ0n) is 19.5. The largest absolute Gasteiger partial charge is 0.476 e. The van der Waals surface area contributed by atoms with Crippen LogP contribution in [0.1, 0.15) is 22.7 Å². The number of ether oxygens (including phenoxy) is 1. The third-order valence-corrected chi connectivity index (χ3v) is 5.68. The maximum absolute atomic E-state index is 6.34. The molecule has 5 rings (SSSR count). The van der Waals surface area contributed by atoms with Crippen molar-refractivity contribution in [3.63, 3.8) is 0 Å². The second-order valence-electron chi connectivity index (χ2n) is 8.57. The van der Waals surface area contributed by atoms with E-state index >= 15 is 0 Å². The first-order valence-electron chi connectivity index (χ1n) is 11.5. The van der Waals surface area contributed by atoms with Gasteiger partial charge < -0.3 is 14.1 Å². The van der Waals surface area contributed by atoms with Gasteiger partial charge in [-0.1, -0.05) is 60.7 Å². The van der Waals surface area contributed by atoms with Gasteiger partial charge in [-0.15, -0.1) is 0 Å². The lowest BCUT2D eigenvalue weighted by Gasteiger charge is -2.13. The van der Waals surface area contributed by atoms with Gasteiger partial charge in [-0.25, -0.2) is 9.97 Å². The van der Waals surface area contributed by atoms with Gasteiger partial charge >= 0.3 is 0 Å². The molecule has 0 radical (unpaired) electrons. The van der Waals surface area contributed by atoms with E-state index in [2.05, 4.69) is 45.7 Å². The van der Waals surface area contributed by atoms with Crippen molar-refractivity contribution in [3.05, 3.63) is 108 Å². The van der Waals surface area contributed by atoms with Gasteiger partial charge in [-0.2, -0.15) is 0 Å². The lowest BCUT2D eigenvalue weighted by atomic mass is 10.1. The van der Waals surface area contributed by atoms with Crippen molar-refractivity contribution < 1.29 is 9.15 Å². The minimum atomic E-state index is 0.553. The highest BCUT2D eigenvalue weighted by Gasteiger charge is 2.20. The number of rotatable bonds is 9. The van der Waals surface area contributed by atoms with Crippen molar-refractivity contribution in [2.45, 2.75) is 12.8 Å². The first-order valence-corrected chi connectivity index (χ1v) is 11.5. The number of fused-ring (bicyclic) bond motifs is 1. The molecule has 0 fully saturated rings. The number of likely N-dealkylation sites (N-methyl/N-ethyl adjacent to an activating group) is 1. The maximum atomic E-state index is 6.34. The summed E-state index contributed by atoms with van der Waals surface area (Å²) in [5.41, 5.74) is 5.70. The average molecular weight is 453 g/mol. The Hall–Kier alpha value is -3.90. The van der Waals surface area contributed by atoms with Crippen LogP contribution in [-0.2, 0) is 12.8 Å². The van der Waals surface area contributed by atoms with Crippen LogP contribution in [0.5, 0.6) is 5.88 Å². The number of furan rings is 1. The van der Waals surface area contributed by atoms with E-state index in [4.69, 9.17) is 19.1 Å². The molecule has 0 aliphatic heterocycles. The van der Waals surface area contributed by atoms with Crippen LogP contribution in [0, 0.1) is 0 Å². The highest BCUT2D eigenvalue weighted by molar-refractivity contribution is 5.63. The van der Waals surface area contributed by atoms with E-state index in [1.807, 2.05) is 56.7 Å². The van der Waals surface area contributed by atoms with Crippen LogP contribution in [-0.4, -0.2) is 46.5 Å². The Morgan fingerprint density at radius 3 is 2.32 bits per heavy atom. The third kappa shape index (κ3) is 4.87. The zero-order chi connectivity index (χ0) is 23.3. The Balaban J connectivity index is 1.65. The summed E-state index contributed by atoms with van der Waals surface area (Å²) in [4.78, 5) is 12.2. The number of nitrogens with zero attached hydrogens (tertiary/aromatic N) is 4. The molecule has 5 aromatic rings. The minimum absolute atomic E-state index is 0.553. The van der Waals surface area contributed by atoms with Crippen LogP contribution in [0.3, 0.4) is 0 Å². The van der Waals surface area contributed by atoms with Crippen LogP contribution in [0.4, 0.5) is 0 Å². The van der Waals surface area contributed by atoms with Crippen molar-refractivity contribution in [2.75, 3.05) is 27.2 Å². The Kier molecular flexibility index (Phi) is 6.40. The van der Waals surface area contributed by atoms with E-state index in [9.17, 15) is 0 Å². The lowest BCUT2D eigenvalue weighted by Crippen LogP contribution is -2.20. The number of aromatic nitrogens is 3. The summed E-state index contributed by atoms with van der Waals surface area (Å²) >= 11 is 0. The molecule has 34 heavy (non-hydrogen) atoms. The monoisotopic (exact) mass is 452 g/mol. The molecular weight excluding hydrogens is 424 g/mol. The molecule has 3 aromatic heterocycles. The molecule has 0 bridgehead atoms. The number of imidazole rings is 1. The van der Waals surface area contributed by atoms with Crippen LogP contribution in [0.2, 0.25) is 0 Å². The SMILES string of the molecule is CN(C)CCOc1c(Cc2ccco2)nc2c(Cc3ccccc3)nc(-c3ccccc3)cn12. The second-order valence-corrected chi connectivity index (χ2v) is 8.57. The molecule has 0 amide bonds. The Morgan fingerprint density at radius 1 is 0.853 bits per heavy atom. The van der Waals surface area contributed by atoms with Crippen molar-refractivity contribution in [3.8, 4) is 17.1 Å². The number of hydrogen-bond donors (Lipinski definition) is 0. The molecule has 0 N–H and O–H groups in total. The van der Waals surface area contributed by atoms with Crippen LogP contribution < -0.4 is 4.74 Å². The first-order chi connectivity index (χ1) is 16.7. The molecule has 2 aromatic carbocycles. The Labute approximate surface area is 199 Å². The standard InChI is InChI=1S/C28H28N4O2/c1-31(2)15-17-34-28-25(19-23-14-9-16-33-23)30-27-24(18-21-10-5-3-6-11-21)29-26(20-32(27)28)22-12-7-4-8-13-22/h3-14,16,20H,15,17-19H2,1-2H3. The third-order valence-electron chi connectivity index (χ3n) is 5.68. The topological polar surface area (TPSA) is 55.8 Å². The van der Waals surface area contributed by atoms with Crippen molar-refractivity contribution in [1.82, 2.24) is 19.3 Å².